The molecule has 2 heterocycles. The van der Waals surface area contributed by atoms with Crippen LogP contribution in [0, 0.1) is 6.92 Å². The first-order chi connectivity index (χ1) is 17.3. The number of hydrogen-bond donors (Lipinski definition) is 1. The van der Waals surface area contributed by atoms with E-state index in [9.17, 15) is 4.79 Å². The second-order valence-electron chi connectivity index (χ2n) is 10.7. The molecule has 194 valence electrons. The molecule has 0 bridgehead atoms. The Bertz CT molecular complexity index is 1110. The number of nitrogens with one attached hydrogen (secondary N) is 1. The van der Waals surface area contributed by atoms with Crippen molar-refractivity contribution >= 4 is 17.7 Å². The van der Waals surface area contributed by atoms with Gasteiger partial charge in [0.15, 0.2) is 11.5 Å². The minimum absolute atomic E-state index is 0.0875. The average molecular weight is 491 g/mol. The molecule has 0 spiro atoms. The highest BCUT2D eigenvalue weighted by Crippen LogP contribution is 2.52. The second-order valence-corrected chi connectivity index (χ2v) is 10.7. The summed E-state index contributed by atoms with van der Waals surface area (Å²) in [5.74, 6) is 1.59. The van der Waals surface area contributed by atoms with Crippen molar-refractivity contribution in [3.63, 3.8) is 0 Å². The van der Waals surface area contributed by atoms with Crippen LogP contribution < -0.4 is 19.7 Å². The minimum Gasteiger partial charge on any atom is -0.493 e. The van der Waals surface area contributed by atoms with E-state index in [-0.39, 0.29) is 11.3 Å². The maximum Gasteiger partial charge on any atom is 0.223 e. The maximum absolute atomic E-state index is 12.7. The first kappa shape index (κ1) is 26.1. The minimum atomic E-state index is -0.626. The Hall–Kier alpha value is -2.95. The van der Waals surface area contributed by atoms with Crippen molar-refractivity contribution in [1.82, 2.24) is 5.32 Å². The number of nitrogens with zero attached hydrogens (tertiary/aromatic N) is 1. The number of fused-ring (bicyclic) bond motifs is 3. The van der Waals surface area contributed by atoms with Crippen LogP contribution in [-0.2, 0) is 10.2 Å². The molecule has 1 saturated heterocycles. The fourth-order valence-corrected chi connectivity index (χ4v) is 5.66. The fourth-order valence-electron chi connectivity index (χ4n) is 5.66. The lowest BCUT2D eigenvalue weighted by molar-refractivity contribution is -0.124. The zero-order valence-electron chi connectivity index (χ0n) is 22.7. The molecule has 1 amide bonds. The van der Waals surface area contributed by atoms with Crippen molar-refractivity contribution in [2.24, 2.45) is 0 Å². The van der Waals surface area contributed by atoms with Crippen molar-refractivity contribution < 1.29 is 14.3 Å². The fraction of sp³-hybridized carbons (Fsp3) is 0.516. The first-order valence-electron chi connectivity index (χ1n) is 13.5. The molecule has 5 nitrogen and oxygen atoms in total. The molecular formula is C31H42N2O3. The van der Waals surface area contributed by atoms with Crippen molar-refractivity contribution in [3.8, 4) is 11.5 Å². The van der Waals surface area contributed by atoms with E-state index in [1.807, 2.05) is 12.1 Å². The summed E-state index contributed by atoms with van der Waals surface area (Å²) in [5, 5.41) is 3.36. The summed E-state index contributed by atoms with van der Waals surface area (Å²) in [4.78, 5) is 15.0. The van der Waals surface area contributed by atoms with Gasteiger partial charge in [0.2, 0.25) is 5.91 Å². The predicted molar refractivity (Wildman–Crippen MR) is 148 cm³/mol. The molecule has 1 fully saturated rings. The first-order valence-corrected chi connectivity index (χ1v) is 13.5. The number of amides is 1. The SMILES string of the molecule is CCCCCCCCOc1ccc(/C=C/C23NC(=O)CCN2c2ccc(C)cc2C3(C)C)cc1OC. The topological polar surface area (TPSA) is 50.8 Å². The summed E-state index contributed by atoms with van der Waals surface area (Å²) in [5.41, 5.74) is 3.78. The van der Waals surface area contributed by atoms with Crippen LogP contribution in [0.2, 0.25) is 0 Å². The highest BCUT2D eigenvalue weighted by Gasteiger charge is 2.57. The molecule has 36 heavy (non-hydrogen) atoms. The van der Waals surface area contributed by atoms with E-state index in [2.05, 4.69) is 74.3 Å². The van der Waals surface area contributed by atoms with Crippen molar-refractivity contribution in [3.05, 3.63) is 59.2 Å². The Morgan fingerprint density at radius 1 is 1.03 bits per heavy atom. The van der Waals surface area contributed by atoms with Crippen molar-refractivity contribution in [2.45, 2.75) is 83.7 Å². The van der Waals surface area contributed by atoms with Crippen molar-refractivity contribution in [2.75, 3.05) is 25.2 Å². The Balaban J connectivity index is 1.53. The van der Waals surface area contributed by atoms with Crippen LogP contribution in [0.4, 0.5) is 5.69 Å². The molecule has 5 heteroatoms. The zero-order valence-corrected chi connectivity index (χ0v) is 22.7. The quantitative estimate of drug-likeness (QED) is 0.353. The average Bonchev–Trinajstić information content (AvgIpc) is 3.05. The normalized spacial score (nSPS) is 20.2. The van der Waals surface area contributed by atoms with E-state index < -0.39 is 5.66 Å². The number of aryl methyl sites for hydroxylation is 1. The molecule has 4 rings (SSSR count). The predicted octanol–water partition coefficient (Wildman–Crippen LogP) is 6.77. The summed E-state index contributed by atoms with van der Waals surface area (Å²) < 4.78 is 11.7. The molecule has 2 aliphatic heterocycles. The van der Waals surface area contributed by atoms with E-state index in [1.54, 1.807) is 7.11 Å². The second kappa shape index (κ2) is 11.0. The van der Waals surface area contributed by atoms with E-state index >= 15 is 0 Å². The van der Waals surface area contributed by atoms with Crippen LogP contribution in [0.25, 0.3) is 6.08 Å². The number of rotatable bonds is 11. The Morgan fingerprint density at radius 2 is 1.81 bits per heavy atom. The van der Waals surface area contributed by atoms with Crippen LogP contribution in [0.1, 0.15) is 82.4 Å². The Kier molecular flexibility index (Phi) is 7.97. The molecular weight excluding hydrogens is 448 g/mol. The van der Waals surface area contributed by atoms with Gasteiger partial charge in [-0.2, -0.15) is 0 Å². The number of carbonyl (C=O) groups excluding carboxylic acids is 1. The van der Waals surface area contributed by atoms with E-state index in [1.165, 1.54) is 48.9 Å². The number of carbonyl (C=O) groups is 1. The van der Waals surface area contributed by atoms with Gasteiger partial charge in [0.1, 0.15) is 5.66 Å². The van der Waals surface area contributed by atoms with Crippen LogP contribution in [0.5, 0.6) is 11.5 Å². The molecule has 1 atom stereocenters. The third kappa shape index (κ3) is 4.98. The van der Waals surface area contributed by atoms with E-state index in [0.29, 0.717) is 19.6 Å². The summed E-state index contributed by atoms with van der Waals surface area (Å²) in [6, 6.07) is 12.7. The van der Waals surface area contributed by atoms with Crippen LogP contribution >= 0.6 is 0 Å². The summed E-state index contributed by atoms with van der Waals surface area (Å²) in [7, 11) is 1.68. The van der Waals surface area contributed by atoms with Gasteiger partial charge in [-0.15, -0.1) is 0 Å². The van der Waals surface area contributed by atoms with Gasteiger partial charge in [-0.25, -0.2) is 0 Å². The Morgan fingerprint density at radius 3 is 2.58 bits per heavy atom. The number of unbranched alkanes of at least 4 members (excludes halogenated alkanes) is 5. The van der Waals surface area contributed by atoms with Gasteiger partial charge < -0.3 is 19.7 Å². The van der Waals surface area contributed by atoms with Gasteiger partial charge in [-0.3, -0.25) is 4.79 Å². The molecule has 0 aliphatic carbocycles. The smallest absolute Gasteiger partial charge is 0.223 e. The largest absolute Gasteiger partial charge is 0.493 e. The lowest BCUT2D eigenvalue weighted by Gasteiger charge is -2.49. The molecule has 1 N–H and O–H groups in total. The van der Waals surface area contributed by atoms with Gasteiger partial charge in [-0.05, 0) is 48.7 Å². The third-order valence-corrected chi connectivity index (χ3v) is 7.85. The molecule has 2 aromatic rings. The van der Waals surface area contributed by atoms with Crippen LogP contribution in [-0.4, -0.2) is 31.8 Å². The Labute approximate surface area is 216 Å². The molecule has 1 unspecified atom stereocenters. The number of hydrogen-bond acceptors (Lipinski definition) is 4. The summed E-state index contributed by atoms with van der Waals surface area (Å²) >= 11 is 0. The van der Waals surface area contributed by atoms with Crippen LogP contribution in [0.3, 0.4) is 0 Å². The molecule has 0 aromatic heterocycles. The van der Waals surface area contributed by atoms with E-state index in [4.69, 9.17) is 9.47 Å². The van der Waals surface area contributed by atoms with Crippen molar-refractivity contribution in [1.29, 1.82) is 0 Å². The molecule has 2 aliphatic rings. The summed E-state index contributed by atoms with van der Waals surface area (Å²) in [6.07, 6.45) is 12.2. The molecule has 0 radical (unpaired) electrons. The highest BCUT2D eigenvalue weighted by atomic mass is 16.5. The lowest BCUT2D eigenvalue weighted by atomic mass is 9.74. The molecule has 2 aromatic carbocycles. The standard InChI is InChI=1S/C31H42N2O3/c1-6-7-8-9-10-11-20-36-27-15-13-24(22-28(27)35-5)16-18-31-30(3,4)25-21-23(2)12-14-26(25)33(31)19-17-29(34)32-31/h12-16,18,21-22H,6-11,17,19-20H2,1-5H3,(H,32,34)/b18-16+. The lowest BCUT2D eigenvalue weighted by Crippen LogP contribution is -2.68. The van der Waals surface area contributed by atoms with Gasteiger partial charge in [0.05, 0.1) is 13.7 Å². The zero-order chi connectivity index (χ0) is 25.8. The van der Waals surface area contributed by atoms with Gasteiger partial charge in [0.25, 0.3) is 0 Å². The number of benzene rings is 2. The van der Waals surface area contributed by atoms with Gasteiger partial charge in [-0.1, -0.05) is 82.7 Å². The number of ether oxygens (including phenoxy) is 2. The number of methoxy groups -OCH3 is 1. The summed E-state index contributed by atoms with van der Waals surface area (Å²) in [6.45, 7) is 10.2. The van der Waals surface area contributed by atoms with Gasteiger partial charge in [0, 0.05) is 24.1 Å². The molecule has 0 saturated carbocycles. The highest BCUT2D eigenvalue weighted by molar-refractivity contribution is 5.84. The van der Waals surface area contributed by atoms with Gasteiger partial charge >= 0.3 is 0 Å². The van der Waals surface area contributed by atoms with E-state index in [0.717, 1.165) is 23.5 Å². The monoisotopic (exact) mass is 490 g/mol. The number of anilines is 1. The maximum atomic E-state index is 12.7. The van der Waals surface area contributed by atoms with Crippen LogP contribution in [0.15, 0.2) is 42.5 Å². The third-order valence-electron chi connectivity index (χ3n) is 7.85.